The molecule has 0 spiro atoms. The molecule has 0 radical (unpaired) electrons. The van der Waals surface area contributed by atoms with Crippen molar-refractivity contribution in [3.8, 4) is 0 Å². The van der Waals surface area contributed by atoms with Gasteiger partial charge in [0.05, 0.1) is 16.4 Å². The van der Waals surface area contributed by atoms with Crippen LogP contribution >= 0.6 is 27.5 Å². The molecule has 0 aliphatic carbocycles. The number of benzene rings is 2. The molecule has 0 saturated carbocycles. The van der Waals surface area contributed by atoms with E-state index in [0.29, 0.717) is 10.7 Å². The second-order valence-corrected chi connectivity index (χ2v) is 5.77. The fourth-order valence-corrected chi connectivity index (χ4v) is 2.62. The van der Waals surface area contributed by atoms with Gasteiger partial charge in [-0.2, -0.15) is 0 Å². The van der Waals surface area contributed by atoms with Gasteiger partial charge in [-0.1, -0.05) is 39.7 Å². The predicted octanol–water partition coefficient (Wildman–Crippen LogP) is 4.65. The number of rotatable bonds is 4. The molecular weight excluding hydrogens is 324 g/mol. The molecule has 0 saturated heterocycles. The molecule has 2 aromatic carbocycles. The SMILES string of the molecule is Cc1ccc(Br)cc1CCNc1c(N)cccc1Cl. The van der Waals surface area contributed by atoms with E-state index in [2.05, 4.69) is 46.4 Å². The minimum atomic E-state index is 0.658. The van der Waals surface area contributed by atoms with Crippen molar-refractivity contribution in [3.05, 3.63) is 57.0 Å². The van der Waals surface area contributed by atoms with Crippen molar-refractivity contribution >= 4 is 38.9 Å². The number of halogens is 2. The number of hydrogen-bond acceptors (Lipinski definition) is 2. The van der Waals surface area contributed by atoms with Crippen LogP contribution in [0.3, 0.4) is 0 Å². The summed E-state index contributed by atoms with van der Waals surface area (Å²) in [5, 5.41) is 3.96. The average Bonchev–Trinajstić information content (AvgIpc) is 2.37. The summed E-state index contributed by atoms with van der Waals surface area (Å²) < 4.78 is 1.10. The maximum atomic E-state index is 6.12. The van der Waals surface area contributed by atoms with E-state index in [9.17, 15) is 0 Å². The van der Waals surface area contributed by atoms with Crippen LogP contribution in [0.2, 0.25) is 5.02 Å². The fourth-order valence-electron chi connectivity index (χ4n) is 1.96. The molecule has 19 heavy (non-hydrogen) atoms. The Bertz CT molecular complexity index is 564. The zero-order valence-electron chi connectivity index (χ0n) is 10.7. The molecule has 2 rings (SSSR count). The van der Waals surface area contributed by atoms with Crippen LogP contribution in [0.5, 0.6) is 0 Å². The van der Waals surface area contributed by atoms with E-state index in [-0.39, 0.29) is 0 Å². The van der Waals surface area contributed by atoms with Crippen LogP contribution < -0.4 is 11.1 Å². The summed E-state index contributed by atoms with van der Waals surface area (Å²) in [5.74, 6) is 0. The molecule has 4 heteroatoms. The zero-order valence-corrected chi connectivity index (χ0v) is 13.1. The molecular formula is C15H16BrClN2. The van der Waals surface area contributed by atoms with Gasteiger partial charge < -0.3 is 11.1 Å². The van der Waals surface area contributed by atoms with Gasteiger partial charge in [0.25, 0.3) is 0 Å². The molecule has 3 N–H and O–H groups in total. The van der Waals surface area contributed by atoms with Crippen molar-refractivity contribution in [2.45, 2.75) is 13.3 Å². The minimum Gasteiger partial charge on any atom is -0.397 e. The van der Waals surface area contributed by atoms with Crippen molar-refractivity contribution in [2.24, 2.45) is 0 Å². The van der Waals surface area contributed by atoms with Gasteiger partial charge in [0.2, 0.25) is 0 Å². The van der Waals surface area contributed by atoms with E-state index in [0.717, 1.165) is 23.1 Å². The number of nitrogens with one attached hydrogen (secondary N) is 1. The Kier molecular flexibility index (Phi) is 4.72. The molecule has 2 nitrogen and oxygen atoms in total. The smallest absolute Gasteiger partial charge is 0.0763 e. The Hall–Kier alpha value is -1.19. The van der Waals surface area contributed by atoms with Gasteiger partial charge in [0.1, 0.15) is 0 Å². The van der Waals surface area contributed by atoms with Gasteiger partial charge in [-0.25, -0.2) is 0 Å². The van der Waals surface area contributed by atoms with E-state index < -0.39 is 0 Å². The number of nitrogen functional groups attached to an aromatic ring is 1. The Morgan fingerprint density at radius 3 is 2.79 bits per heavy atom. The molecule has 0 atom stereocenters. The molecule has 0 aliphatic rings. The first-order chi connectivity index (χ1) is 9.08. The zero-order chi connectivity index (χ0) is 13.8. The molecule has 0 unspecified atom stereocenters. The van der Waals surface area contributed by atoms with E-state index >= 15 is 0 Å². The van der Waals surface area contributed by atoms with Crippen molar-refractivity contribution in [2.75, 3.05) is 17.6 Å². The van der Waals surface area contributed by atoms with Crippen LogP contribution in [0.15, 0.2) is 40.9 Å². The number of anilines is 2. The molecule has 0 aromatic heterocycles. The Labute approximate surface area is 127 Å². The Morgan fingerprint density at radius 2 is 2.05 bits per heavy atom. The van der Waals surface area contributed by atoms with Crippen LogP contribution in [0.25, 0.3) is 0 Å². The number of hydrogen-bond donors (Lipinski definition) is 2. The Balaban J connectivity index is 2.02. The van der Waals surface area contributed by atoms with E-state index in [1.165, 1.54) is 11.1 Å². The quantitative estimate of drug-likeness (QED) is 0.796. The molecule has 0 bridgehead atoms. The Morgan fingerprint density at radius 1 is 1.26 bits per heavy atom. The lowest BCUT2D eigenvalue weighted by molar-refractivity contribution is 1.00. The van der Waals surface area contributed by atoms with Crippen molar-refractivity contribution in [3.63, 3.8) is 0 Å². The van der Waals surface area contributed by atoms with E-state index in [4.69, 9.17) is 17.3 Å². The second kappa shape index (κ2) is 6.31. The maximum Gasteiger partial charge on any atom is 0.0763 e. The molecule has 0 amide bonds. The number of aryl methyl sites for hydroxylation is 1. The molecule has 100 valence electrons. The van der Waals surface area contributed by atoms with Gasteiger partial charge in [0.15, 0.2) is 0 Å². The standard InChI is InChI=1S/C15H16BrClN2/c1-10-5-6-12(16)9-11(10)7-8-19-15-13(17)3-2-4-14(15)18/h2-6,9,19H,7-8,18H2,1H3. The summed E-state index contributed by atoms with van der Waals surface area (Å²) in [7, 11) is 0. The van der Waals surface area contributed by atoms with Crippen molar-refractivity contribution in [1.82, 2.24) is 0 Å². The van der Waals surface area contributed by atoms with E-state index in [1.807, 2.05) is 18.2 Å². The normalized spacial score (nSPS) is 10.5. The third kappa shape index (κ3) is 3.64. The summed E-state index contributed by atoms with van der Waals surface area (Å²) in [6.07, 6.45) is 0.927. The van der Waals surface area contributed by atoms with Crippen LogP contribution in [0.4, 0.5) is 11.4 Å². The maximum absolute atomic E-state index is 6.12. The molecule has 2 aromatic rings. The van der Waals surface area contributed by atoms with Gasteiger partial charge in [-0.05, 0) is 48.7 Å². The summed E-state index contributed by atoms with van der Waals surface area (Å²) in [6, 6.07) is 11.8. The van der Waals surface area contributed by atoms with Crippen LogP contribution in [-0.4, -0.2) is 6.54 Å². The average molecular weight is 340 g/mol. The summed E-state index contributed by atoms with van der Waals surface area (Å²) in [4.78, 5) is 0. The number of para-hydroxylation sites is 1. The summed E-state index contributed by atoms with van der Waals surface area (Å²) in [6.45, 7) is 2.91. The monoisotopic (exact) mass is 338 g/mol. The lowest BCUT2D eigenvalue weighted by atomic mass is 10.1. The van der Waals surface area contributed by atoms with Gasteiger partial charge in [-0.3, -0.25) is 0 Å². The highest BCUT2D eigenvalue weighted by atomic mass is 79.9. The topological polar surface area (TPSA) is 38.0 Å². The van der Waals surface area contributed by atoms with Crippen molar-refractivity contribution < 1.29 is 0 Å². The van der Waals surface area contributed by atoms with Gasteiger partial charge in [-0.15, -0.1) is 0 Å². The second-order valence-electron chi connectivity index (χ2n) is 4.45. The first kappa shape index (κ1) is 14.2. The van der Waals surface area contributed by atoms with Crippen molar-refractivity contribution in [1.29, 1.82) is 0 Å². The summed E-state index contributed by atoms with van der Waals surface area (Å²) >= 11 is 9.61. The highest BCUT2D eigenvalue weighted by Crippen LogP contribution is 2.27. The largest absolute Gasteiger partial charge is 0.397 e. The van der Waals surface area contributed by atoms with Crippen LogP contribution in [-0.2, 0) is 6.42 Å². The fraction of sp³-hybridized carbons (Fsp3) is 0.200. The third-order valence-corrected chi connectivity index (χ3v) is 3.86. The molecule has 0 heterocycles. The predicted molar refractivity (Wildman–Crippen MR) is 86.9 cm³/mol. The van der Waals surface area contributed by atoms with Gasteiger partial charge in [0, 0.05) is 11.0 Å². The van der Waals surface area contributed by atoms with Gasteiger partial charge >= 0.3 is 0 Å². The lowest BCUT2D eigenvalue weighted by Gasteiger charge is -2.12. The number of nitrogens with two attached hydrogens (primary N) is 1. The van der Waals surface area contributed by atoms with Crippen LogP contribution in [0, 0.1) is 6.92 Å². The van der Waals surface area contributed by atoms with E-state index in [1.54, 1.807) is 0 Å². The molecule has 0 fully saturated rings. The third-order valence-electron chi connectivity index (χ3n) is 3.05. The highest BCUT2D eigenvalue weighted by Gasteiger charge is 2.04. The highest BCUT2D eigenvalue weighted by molar-refractivity contribution is 9.10. The lowest BCUT2D eigenvalue weighted by Crippen LogP contribution is -2.08. The van der Waals surface area contributed by atoms with Crippen LogP contribution in [0.1, 0.15) is 11.1 Å². The first-order valence-corrected chi connectivity index (χ1v) is 7.28. The minimum absolute atomic E-state index is 0.658. The molecule has 0 aliphatic heterocycles. The summed E-state index contributed by atoms with van der Waals surface area (Å²) in [5.41, 5.74) is 10.00. The first-order valence-electron chi connectivity index (χ1n) is 6.11.